The molecule has 90 valence electrons. The number of rotatable bonds is 5. The lowest BCUT2D eigenvalue weighted by Crippen LogP contribution is -2.15. The summed E-state index contributed by atoms with van der Waals surface area (Å²) in [6.07, 6.45) is 4.24. The van der Waals surface area contributed by atoms with Gasteiger partial charge in [-0.1, -0.05) is 38.0 Å². The van der Waals surface area contributed by atoms with Crippen molar-refractivity contribution in [2.75, 3.05) is 0 Å². The Morgan fingerprint density at radius 3 is 2.71 bits per heavy atom. The van der Waals surface area contributed by atoms with Crippen LogP contribution in [0.1, 0.15) is 32.0 Å². The van der Waals surface area contributed by atoms with Crippen LogP contribution in [0.3, 0.4) is 0 Å². The second kappa shape index (κ2) is 5.48. The summed E-state index contributed by atoms with van der Waals surface area (Å²) in [6, 6.07) is 9.46. The molecule has 0 fully saturated rings. The number of H-pyrrole nitrogens is 1. The third kappa shape index (κ3) is 2.84. The molecule has 0 unspecified atom stereocenters. The van der Waals surface area contributed by atoms with Crippen LogP contribution in [0.2, 0.25) is 0 Å². The van der Waals surface area contributed by atoms with E-state index in [9.17, 15) is 4.79 Å². The molecule has 2 aromatic rings. The first kappa shape index (κ1) is 11.6. The molecule has 4 nitrogen and oxygen atoms in total. The van der Waals surface area contributed by atoms with Crippen molar-refractivity contribution >= 4 is 0 Å². The largest absolute Gasteiger partial charge is 0.348 e. The van der Waals surface area contributed by atoms with Gasteiger partial charge in [0.2, 0.25) is 0 Å². The van der Waals surface area contributed by atoms with E-state index < -0.39 is 0 Å². The molecule has 0 spiro atoms. The smallest absolute Gasteiger partial charge is 0.292 e. The number of aromatic amines is 1. The molecule has 0 saturated carbocycles. The Bertz CT molecular complexity index is 513. The van der Waals surface area contributed by atoms with Crippen molar-refractivity contribution < 1.29 is 0 Å². The molecule has 0 atom stereocenters. The van der Waals surface area contributed by atoms with E-state index in [0.29, 0.717) is 0 Å². The molecule has 0 aliphatic rings. The Kier molecular flexibility index (Phi) is 3.75. The van der Waals surface area contributed by atoms with Gasteiger partial charge >= 0.3 is 5.69 Å². The molecule has 1 aromatic heterocycles. The number of aryl methyl sites for hydroxylation is 1. The second-order valence-electron chi connectivity index (χ2n) is 4.08. The third-order valence-electron chi connectivity index (χ3n) is 2.68. The standard InChI is InChI=1S/C13H17N3O/c1-2-3-5-10-12-14-13(17)16(15-12)11-8-6-4-7-9-11/h4,6-9H,2-3,5,10H2,1H3,(H,14,15,17). The number of hydrogen-bond donors (Lipinski definition) is 1. The zero-order chi connectivity index (χ0) is 12.1. The molecular weight excluding hydrogens is 214 g/mol. The Balaban J connectivity index is 2.17. The van der Waals surface area contributed by atoms with E-state index in [4.69, 9.17) is 0 Å². The quantitative estimate of drug-likeness (QED) is 0.803. The SMILES string of the molecule is CCCCCc1nn(-c2ccccc2)c(=O)[nH]1. The average Bonchev–Trinajstić information content (AvgIpc) is 2.72. The fraction of sp³-hybridized carbons (Fsp3) is 0.385. The van der Waals surface area contributed by atoms with Gasteiger partial charge in [0, 0.05) is 6.42 Å². The minimum absolute atomic E-state index is 0.164. The van der Waals surface area contributed by atoms with Crippen LogP contribution in [0.15, 0.2) is 35.1 Å². The van der Waals surface area contributed by atoms with Crippen molar-refractivity contribution in [3.05, 3.63) is 46.6 Å². The van der Waals surface area contributed by atoms with Crippen LogP contribution in [0.5, 0.6) is 0 Å². The van der Waals surface area contributed by atoms with E-state index in [1.54, 1.807) is 0 Å². The average molecular weight is 231 g/mol. The summed E-state index contributed by atoms with van der Waals surface area (Å²) in [6.45, 7) is 2.16. The normalized spacial score (nSPS) is 10.6. The van der Waals surface area contributed by atoms with Gasteiger partial charge in [-0.15, -0.1) is 0 Å². The highest BCUT2D eigenvalue weighted by Gasteiger charge is 2.05. The van der Waals surface area contributed by atoms with Crippen molar-refractivity contribution in [3.63, 3.8) is 0 Å². The molecule has 0 amide bonds. The molecule has 4 heteroatoms. The fourth-order valence-corrected chi connectivity index (χ4v) is 1.77. The molecule has 0 aliphatic carbocycles. The number of nitrogens with zero attached hydrogens (tertiary/aromatic N) is 2. The van der Waals surface area contributed by atoms with Crippen LogP contribution < -0.4 is 5.69 Å². The lowest BCUT2D eigenvalue weighted by molar-refractivity contribution is 0.689. The van der Waals surface area contributed by atoms with Gasteiger partial charge in [-0.25, -0.2) is 4.79 Å². The Morgan fingerprint density at radius 2 is 2.00 bits per heavy atom. The van der Waals surface area contributed by atoms with Gasteiger partial charge in [0.25, 0.3) is 0 Å². The van der Waals surface area contributed by atoms with E-state index in [1.165, 1.54) is 17.5 Å². The third-order valence-corrected chi connectivity index (χ3v) is 2.68. The number of para-hydroxylation sites is 1. The van der Waals surface area contributed by atoms with Crippen LogP contribution in [0.25, 0.3) is 5.69 Å². The molecule has 1 heterocycles. The molecule has 17 heavy (non-hydrogen) atoms. The van der Waals surface area contributed by atoms with Crippen LogP contribution in [-0.4, -0.2) is 14.8 Å². The monoisotopic (exact) mass is 231 g/mol. The van der Waals surface area contributed by atoms with Gasteiger partial charge in [-0.3, -0.25) is 4.98 Å². The highest BCUT2D eigenvalue weighted by molar-refractivity contribution is 5.29. The Morgan fingerprint density at radius 1 is 1.24 bits per heavy atom. The highest BCUT2D eigenvalue weighted by atomic mass is 16.1. The first-order valence-electron chi connectivity index (χ1n) is 6.05. The van der Waals surface area contributed by atoms with Crippen molar-refractivity contribution in [2.24, 2.45) is 0 Å². The lowest BCUT2D eigenvalue weighted by atomic mass is 10.2. The predicted molar refractivity (Wildman–Crippen MR) is 67.4 cm³/mol. The summed E-state index contributed by atoms with van der Waals surface area (Å²) in [5.74, 6) is 0.771. The van der Waals surface area contributed by atoms with E-state index in [0.717, 1.165) is 24.4 Å². The molecule has 0 radical (unpaired) electrons. The minimum Gasteiger partial charge on any atom is -0.292 e. The number of unbranched alkanes of at least 4 members (excludes halogenated alkanes) is 2. The van der Waals surface area contributed by atoms with E-state index in [2.05, 4.69) is 17.0 Å². The van der Waals surface area contributed by atoms with Crippen molar-refractivity contribution in [1.82, 2.24) is 14.8 Å². The van der Waals surface area contributed by atoms with Crippen LogP contribution in [0.4, 0.5) is 0 Å². The van der Waals surface area contributed by atoms with E-state index >= 15 is 0 Å². The van der Waals surface area contributed by atoms with Gasteiger partial charge in [0.05, 0.1) is 5.69 Å². The van der Waals surface area contributed by atoms with Gasteiger partial charge < -0.3 is 0 Å². The highest BCUT2D eigenvalue weighted by Crippen LogP contribution is 2.04. The van der Waals surface area contributed by atoms with Crippen LogP contribution in [0, 0.1) is 0 Å². The Hall–Kier alpha value is -1.84. The lowest BCUT2D eigenvalue weighted by Gasteiger charge is -1.97. The zero-order valence-electron chi connectivity index (χ0n) is 10.0. The number of hydrogen-bond acceptors (Lipinski definition) is 2. The summed E-state index contributed by atoms with van der Waals surface area (Å²) in [7, 11) is 0. The van der Waals surface area contributed by atoms with Crippen molar-refractivity contribution in [1.29, 1.82) is 0 Å². The van der Waals surface area contributed by atoms with Crippen molar-refractivity contribution in [3.8, 4) is 5.69 Å². The second-order valence-corrected chi connectivity index (χ2v) is 4.08. The number of nitrogens with one attached hydrogen (secondary N) is 1. The van der Waals surface area contributed by atoms with Crippen molar-refractivity contribution in [2.45, 2.75) is 32.6 Å². The topological polar surface area (TPSA) is 50.7 Å². The molecule has 1 N–H and O–H groups in total. The van der Waals surface area contributed by atoms with Gasteiger partial charge in [0.1, 0.15) is 5.82 Å². The maximum atomic E-state index is 11.7. The maximum Gasteiger partial charge on any atom is 0.348 e. The summed E-state index contributed by atoms with van der Waals surface area (Å²) < 4.78 is 1.42. The number of benzene rings is 1. The molecule has 0 saturated heterocycles. The zero-order valence-corrected chi connectivity index (χ0v) is 10.0. The molecule has 0 aliphatic heterocycles. The molecule has 1 aromatic carbocycles. The molecular formula is C13H17N3O. The maximum absolute atomic E-state index is 11.7. The summed E-state index contributed by atoms with van der Waals surface area (Å²) in [5.41, 5.74) is 0.637. The minimum atomic E-state index is -0.164. The molecule has 0 bridgehead atoms. The predicted octanol–water partition coefficient (Wildman–Crippen LogP) is 2.29. The van der Waals surface area contributed by atoms with E-state index in [1.807, 2.05) is 30.3 Å². The Labute approximate surface area is 100 Å². The summed E-state index contributed by atoms with van der Waals surface area (Å²) in [4.78, 5) is 14.5. The van der Waals surface area contributed by atoms with Gasteiger partial charge in [-0.2, -0.15) is 9.78 Å². The first-order chi connectivity index (χ1) is 8.31. The summed E-state index contributed by atoms with van der Waals surface area (Å²) in [5, 5.41) is 4.30. The molecule has 2 rings (SSSR count). The van der Waals surface area contributed by atoms with Gasteiger partial charge in [-0.05, 0) is 18.6 Å². The van der Waals surface area contributed by atoms with Crippen LogP contribution >= 0.6 is 0 Å². The fourth-order valence-electron chi connectivity index (χ4n) is 1.77. The van der Waals surface area contributed by atoms with E-state index in [-0.39, 0.29) is 5.69 Å². The number of aromatic nitrogens is 3. The van der Waals surface area contributed by atoms with Gasteiger partial charge in [0.15, 0.2) is 0 Å². The first-order valence-corrected chi connectivity index (χ1v) is 6.05. The van der Waals surface area contributed by atoms with Crippen LogP contribution in [-0.2, 0) is 6.42 Å². The summed E-state index contributed by atoms with van der Waals surface area (Å²) >= 11 is 0.